The summed E-state index contributed by atoms with van der Waals surface area (Å²) < 4.78 is 25.7. The first-order valence-corrected chi connectivity index (χ1v) is 7.22. The molecule has 0 fully saturated rings. The van der Waals surface area contributed by atoms with E-state index in [0.29, 0.717) is 11.6 Å². The number of halogens is 1. The van der Waals surface area contributed by atoms with Gasteiger partial charge in [-0.05, 0) is 24.6 Å². The zero-order chi connectivity index (χ0) is 13.1. The van der Waals surface area contributed by atoms with Crippen molar-refractivity contribution in [2.45, 2.75) is 24.7 Å². The van der Waals surface area contributed by atoms with Crippen molar-refractivity contribution in [3.8, 4) is 0 Å². The topological polar surface area (TPSA) is 63.4 Å². The van der Waals surface area contributed by atoms with Crippen molar-refractivity contribution in [3.63, 3.8) is 0 Å². The average molecular weight is 277 g/mol. The highest BCUT2D eigenvalue weighted by atomic mass is 35.5. The molecule has 0 unspecified atom stereocenters. The van der Waals surface area contributed by atoms with Gasteiger partial charge in [0.25, 0.3) is 0 Å². The van der Waals surface area contributed by atoms with Gasteiger partial charge in [0.15, 0.2) is 0 Å². The first-order valence-electron chi connectivity index (χ1n) is 5.41. The third kappa shape index (κ3) is 3.34. The van der Waals surface area contributed by atoms with E-state index in [2.05, 4.69) is 0 Å². The maximum Gasteiger partial charge on any atom is 0.244 e. The van der Waals surface area contributed by atoms with E-state index in [1.54, 1.807) is 13.1 Å². The summed E-state index contributed by atoms with van der Waals surface area (Å²) in [5, 5.41) is 0.363. The van der Waals surface area contributed by atoms with Crippen LogP contribution in [0.25, 0.3) is 0 Å². The third-order valence-corrected chi connectivity index (χ3v) is 4.64. The lowest BCUT2D eigenvalue weighted by atomic mass is 10.3. The highest BCUT2D eigenvalue weighted by molar-refractivity contribution is 7.89. The molecule has 1 aromatic rings. The number of benzene rings is 1. The molecule has 17 heavy (non-hydrogen) atoms. The second-order valence-corrected chi connectivity index (χ2v) is 6.31. The SMILES string of the molecule is CCCCN(C)S(=O)(=O)c1cc(Cl)ccc1N. The molecule has 4 nitrogen and oxygen atoms in total. The van der Waals surface area contributed by atoms with Crippen molar-refractivity contribution in [2.75, 3.05) is 19.3 Å². The van der Waals surface area contributed by atoms with Crippen LogP contribution in [0.5, 0.6) is 0 Å². The van der Waals surface area contributed by atoms with Gasteiger partial charge in [0, 0.05) is 18.6 Å². The maximum absolute atomic E-state index is 12.2. The van der Waals surface area contributed by atoms with Crippen molar-refractivity contribution in [1.82, 2.24) is 4.31 Å². The van der Waals surface area contributed by atoms with Crippen molar-refractivity contribution in [1.29, 1.82) is 0 Å². The minimum absolute atomic E-state index is 0.0728. The van der Waals surface area contributed by atoms with Gasteiger partial charge < -0.3 is 5.73 Å². The van der Waals surface area contributed by atoms with E-state index in [0.717, 1.165) is 12.8 Å². The van der Waals surface area contributed by atoms with Crippen LogP contribution in [0.15, 0.2) is 23.1 Å². The molecule has 0 bridgehead atoms. The normalized spacial score (nSPS) is 12.0. The quantitative estimate of drug-likeness (QED) is 0.840. The summed E-state index contributed by atoms with van der Waals surface area (Å²) in [5.74, 6) is 0. The summed E-state index contributed by atoms with van der Waals surface area (Å²) in [4.78, 5) is 0.0728. The van der Waals surface area contributed by atoms with E-state index in [9.17, 15) is 8.42 Å². The van der Waals surface area contributed by atoms with Crippen molar-refractivity contribution < 1.29 is 8.42 Å². The van der Waals surface area contributed by atoms with Crippen LogP contribution in [-0.4, -0.2) is 26.3 Å². The lowest BCUT2D eigenvalue weighted by Gasteiger charge is -2.18. The second kappa shape index (κ2) is 5.71. The van der Waals surface area contributed by atoms with Crippen molar-refractivity contribution in [3.05, 3.63) is 23.2 Å². The number of anilines is 1. The summed E-state index contributed by atoms with van der Waals surface area (Å²) in [5.41, 5.74) is 5.90. The second-order valence-electron chi connectivity index (χ2n) is 3.86. The molecule has 1 aromatic carbocycles. The molecule has 0 atom stereocenters. The predicted octanol–water partition coefficient (Wildman–Crippen LogP) is 2.34. The van der Waals surface area contributed by atoms with Gasteiger partial charge in [-0.25, -0.2) is 12.7 Å². The fourth-order valence-electron chi connectivity index (χ4n) is 1.40. The lowest BCUT2D eigenvalue weighted by molar-refractivity contribution is 0.459. The Morgan fingerprint density at radius 1 is 1.41 bits per heavy atom. The van der Waals surface area contributed by atoms with Gasteiger partial charge >= 0.3 is 0 Å². The Balaban J connectivity index is 3.08. The summed E-state index contributed by atoms with van der Waals surface area (Å²) in [7, 11) is -1.99. The molecule has 0 aliphatic heterocycles. The van der Waals surface area contributed by atoms with Crippen LogP contribution >= 0.6 is 11.6 Å². The van der Waals surface area contributed by atoms with Gasteiger partial charge in [0.05, 0.1) is 5.69 Å². The molecule has 0 aliphatic carbocycles. The molecule has 0 saturated carbocycles. The van der Waals surface area contributed by atoms with E-state index in [4.69, 9.17) is 17.3 Å². The number of nitrogens with zero attached hydrogens (tertiary/aromatic N) is 1. The van der Waals surface area contributed by atoms with Gasteiger partial charge in [-0.15, -0.1) is 0 Å². The van der Waals surface area contributed by atoms with Gasteiger partial charge in [0.1, 0.15) is 4.90 Å². The standard InChI is InChI=1S/C11H17ClN2O2S/c1-3-4-7-14(2)17(15,16)11-8-9(12)5-6-10(11)13/h5-6,8H,3-4,7,13H2,1-2H3. The van der Waals surface area contributed by atoms with Crippen LogP contribution in [0.3, 0.4) is 0 Å². The Bertz CT molecular complexity index is 488. The molecule has 0 heterocycles. The lowest BCUT2D eigenvalue weighted by Crippen LogP contribution is -2.28. The molecular formula is C11H17ClN2O2S. The zero-order valence-corrected chi connectivity index (χ0v) is 11.6. The van der Waals surface area contributed by atoms with E-state index in [1.807, 2.05) is 6.92 Å². The first-order chi connectivity index (χ1) is 7.89. The van der Waals surface area contributed by atoms with Crippen LogP contribution in [-0.2, 0) is 10.0 Å². The Morgan fingerprint density at radius 3 is 2.65 bits per heavy atom. The molecule has 0 aliphatic rings. The number of hydrogen-bond donors (Lipinski definition) is 1. The summed E-state index contributed by atoms with van der Waals surface area (Å²) >= 11 is 5.79. The van der Waals surface area contributed by atoms with Gasteiger partial charge in [-0.2, -0.15) is 0 Å². The van der Waals surface area contributed by atoms with E-state index in [-0.39, 0.29) is 10.6 Å². The van der Waals surface area contributed by atoms with Gasteiger partial charge in [-0.3, -0.25) is 0 Å². The third-order valence-electron chi connectivity index (χ3n) is 2.49. The van der Waals surface area contributed by atoms with Crippen LogP contribution in [0.4, 0.5) is 5.69 Å². The van der Waals surface area contributed by atoms with Crippen LogP contribution in [0.1, 0.15) is 19.8 Å². The van der Waals surface area contributed by atoms with Gasteiger partial charge in [0.2, 0.25) is 10.0 Å². The molecule has 0 saturated heterocycles. The van der Waals surface area contributed by atoms with E-state index < -0.39 is 10.0 Å². The summed E-state index contributed by atoms with van der Waals surface area (Å²) in [6.45, 7) is 2.49. The summed E-state index contributed by atoms with van der Waals surface area (Å²) in [6.07, 6.45) is 1.75. The molecule has 0 amide bonds. The molecule has 96 valence electrons. The molecule has 1 rings (SSSR count). The van der Waals surface area contributed by atoms with E-state index >= 15 is 0 Å². The minimum Gasteiger partial charge on any atom is -0.398 e. The largest absolute Gasteiger partial charge is 0.398 e. The number of nitrogen functional groups attached to an aromatic ring is 1. The summed E-state index contributed by atoms with van der Waals surface area (Å²) in [6, 6.07) is 4.46. The Kier molecular flexibility index (Phi) is 4.80. The molecule has 0 spiro atoms. The zero-order valence-electron chi connectivity index (χ0n) is 9.98. The van der Waals surface area contributed by atoms with Crippen LogP contribution in [0, 0.1) is 0 Å². The monoisotopic (exact) mass is 276 g/mol. The van der Waals surface area contributed by atoms with E-state index in [1.165, 1.54) is 16.4 Å². The Hall–Kier alpha value is -0.780. The fraction of sp³-hybridized carbons (Fsp3) is 0.455. The molecular weight excluding hydrogens is 260 g/mol. The molecule has 0 radical (unpaired) electrons. The fourth-order valence-corrected chi connectivity index (χ4v) is 2.98. The number of nitrogens with two attached hydrogens (primary N) is 1. The maximum atomic E-state index is 12.2. The number of sulfonamides is 1. The molecule has 6 heteroatoms. The first kappa shape index (κ1) is 14.3. The average Bonchev–Trinajstić information content (AvgIpc) is 2.28. The number of hydrogen-bond acceptors (Lipinski definition) is 3. The Morgan fingerprint density at radius 2 is 2.06 bits per heavy atom. The van der Waals surface area contributed by atoms with Crippen molar-refractivity contribution in [2.24, 2.45) is 0 Å². The molecule has 0 aromatic heterocycles. The Labute approximate surface area is 107 Å². The van der Waals surface area contributed by atoms with Crippen molar-refractivity contribution >= 4 is 27.3 Å². The van der Waals surface area contributed by atoms with Crippen LogP contribution < -0.4 is 5.73 Å². The van der Waals surface area contributed by atoms with Gasteiger partial charge in [-0.1, -0.05) is 24.9 Å². The number of unbranched alkanes of at least 4 members (excludes halogenated alkanes) is 1. The minimum atomic E-state index is -3.54. The number of rotatable bonds is 5. The smallest absolute Gasteiger partial charge is 0.244 e. The van der Waals surface area contributed by atoms with Crippen LogP contribution in [0.2, 0.25) is 5.02 Å². The predicted molar refractivity (Wildman–Crippen MR) is 70.6 cm³/mol. The highest BCUT2D eigenvalue weighted by Crippen LogP contribution is 2.25. The highest BCUT2D eigenvalue weighted by Gasteiger charge is 2.22. The molecule has 2 N–H and O–H groups in total.